The van der Waals surface area contributed by atoms with E-state index in [4.69, 9.17) is 10.5 Å². The van der Waals surface area contributed by atoms with Crippen molar-refractivity contribution in [1.29, 1.82) is 0 Å². The van der Waals surface area contributed by atoms with Crippen LogP contribution in [0, 0.1) is 0 Å². The molecule has 0 radical (unpaired) electrons. The minimum Gasteiger partial charge on any atom is -0.383 e. The van der Waals surface area contributed by atoms with Crippen LogP contribution in [0.3, 0.4) is 0 Å². The van der Waals surface area contributed by atoms with Crippen LogP contribution in [-0.4, -0.2) is 23.0 Å². The minimum absolute atomic E-state index is 0.403. The van der Waals surface area contributed by atoms with Crippen molar-refractivity contribution in [3.63, 3.8) is 0 Å². The summed E-state index contributed by atoms with van der Waals surface area (Å²) in [5.41, 5.74) is 5.85. The lowest BCUT2D eigenvalue weighted by molar-refractivity contribution is 0.0669. The summed E-state index contributed by atoms with van der Waals surface area (Å²) in [6, 6.07) is 0.403. The second kappa shape index (κ2) is 3.67. The molecule has 2 N–H and O–H groups in total. The maximum Gasteiger partial charge on any atom is 0.136 e. The number of rotatable bonds is 1. The molecule has 0 amide bonds. The molecule has 1 fully saturated rings. The summed E-state index contributed by atoms with van der Waals surface area (Å²) in [5, 5.41) is 4.23. The van der Waals surface area contributed by atoms with E-state index in [9.17, 15) is 0 Å². The van der Waals surface area contributed by atoms with Crippen LogP contribution >= 0.6 is 15.9 Å². The van der Waals surface area contributed by atoms with Crippen molar-refractivity contribution in [3.05, 3.63) is 10.7 Å². The quantitative estimate of drug-likeness (QED) is 0.818. The van der Waals surface area contributed by atoms with Gasteiger partial charge in [-0.15, -0.1) is 0 Å². The minimum atomic E-state index is 0.403. The zero-order valence-electron chi connectivity index (χ0n) is 7.24. The standard InChI is InChI=1S/C8H12BrN3O/c9-7-5-11-12(8(7)10)6-1-3-13-4-2-6/h5-6H,1-4,10H2. The molecule has 5 heteroatoms. The average molecular weight is 246 g/mol. The van der Waals surface area contributed by atoms with E-state index in [0.29, 0.717) is 11.9 Å². The number of hydrogen-bond donors (Lipinski definition) is 1. The Morgan fingerprint density at radius 3 is 2.77 bits per heavy atom. The summed E-state index contributed by atoms with van der Waals surface area (Å²) in [6.45, 7) is 1.61. The summed E-state index contributed by atoms with van der Waals surface area (Å²) in [7, 11) is 0. The topological polar surface area (TPSA) is 53.1 Å². The molecule has 13 heavy (non-hydrogen) atoms. The molecule has 1 saturated heterocycles. The normalized spacial score (nSPS) is 19.2. The van der Waals surface area contributed by atoms with E-state index < -0.39 is 0 Å². The van der Waals surface area contributed by atoms with Crippen LogP contribution in [-0.2, 0) is 4.74 Å². The summed E-state index contributed by atoms with van der Waals surface area (Å²) < 4.78 is 8.03. The fraction of sp³-hybridized carbons (Fsp3) is 0.625. The zero-order chi connectivity index (χ0) is 9.26. The maximum absolute atomic E-state index is 5.85. The van der Waals surface area contributed by atoms with Gasteiger partial charge in [0, 0.05) is 13.2 Å². The molecule has 72 valence electrons. The average Bonchev–Trinajstić information content (AvgIpc) is 2.49. The van der Waals surface area contributed by atoms with Crippen molar-refractivity contribution < 1.29 is 4.74 Å². The van der Waals surface area contributed by atoms with E-state index >= 15 is 0 Å². The molecule has 0 aliphatic carbocycles. The SMILES string of the molecule is Nc1c(Br)cnn1C1CCOCC1. The van der Waals surface area contributed by atoms with Gasteiger partial charge in [-0.1, -0.05) is 0 Å². The van der Waals surface area contributed by atoms with Crippen molar-refractivity contribution in [2.75, 3.05) is 18.9 Å². The molecular weight excluding hydrogens is 234 g/mol. The molecule has 2 heterocycles. The summed E-state index contributed by atoms with van der Waals surface area (Å²) in [4.78, 5) is 0. The van der Waals surface area contributed by atoms with Gasteiger partial charge in [0.25, 0.3) is 0 Å². The third-order valence-corrected chi connectivity index (χ3v) is 2.93. The number of halogens is 1. The van der Waals surface area contributed by atoms with Crippen molar-refractivity contribution in [2.24, 2.45) is 0 Å². The van der Waals surface area contributed by atoms with E-state index in [1.165, 1.54) is 0 Å². The molecule has 1 aliphatic rings. The van der Waals surface area contributed by atoms with E-state index in [1.807, 2.05) is 4.68 Å². The van der Waals surface area contributed by atoms with E-state index in [-0.39, 0.29) is 0 Å². The summed E-state index contributed by atoms with van der Waals surface area (Å²) >= 11 is 3.34. The van der Waals surface area contributed by atoms with Crippen LogP contribution in [0.4, 0.5) is 5.82 Å². The van der Waals surface area contributed by atoms with Gasteiger partial charge >= 0.3 is 0 Å². The monoisotopic (exact) mass is 245 g/mol. The first kappa shape index (κ1) is 9.02. The molecule has 1 aliphatic heterocycles. The fourth-order valence-electron chi connectivity index (χ4n) is 1.57. The third kappa shape index (κ3) is 1.71. The first-order chi connectivity index (χ1) is 6.29. The number of nitrogens with two attached hydrogens (primary N) is 1. The van der Waals surface area contributed by atoms with Crippen LogP contribution in [0.15, 0.2) is 10.7 Å². The van der Waals surface area contributed by atoms with E-state index in [1.54, 1.807) is 6.20 Å². The van der Waals surface area contributed by atoms with Crippen LogP contribution in [0.2, 0.25) is 0 Å². The number of hydrogen-bond acceptors (Lipinski definition) is 3. The van der Waals surface area contributed by atoms with Crippen LogP contribution in [0.5, 0.6) is 0 Å². The molecule has 0 atom stereocenters. The lowest BCUT2D eigenvalue weighted by atomic mass is 10.1. The first-order valence-electron chi connectivity index (χ1n) is 4.35. The van der Waals surface area contributed by atoms with Gasteiger partial charge in [-0.3, -0.25) is 0 Å². The Labute approximate surface area is 85.2 Å². The highest BCUT2D eigenvalue weighted by atomic mass is 79.9. The third-order valence-electron chi connectivity index (χ3n) is 2.32. The van der Waals surface area contributed by atoms with Crippen molar-refractivity contribution >= 4 is 21.7 Å². The number of aromatic nitrogens is 2. The molecule has 0 saturated carbocycles. The van der Waals surface area contributed by atoms with Crippen LogP contribution in [0.1, 0.15) is 18.9 Å². The lowest BCUT2D eigenvalue weighted by Gasteiger charge is -2.23. The van der Waals surface area contributed by atoms with E-state index in [2.05, 4.69) is 21.0 Å². The van der Waals surface area contributed by atoms with Gasteiger partial charge in [0.05, 0.1) is 16.7 Å². The largest absolute Gasteiger partial charge is 0.383 e. The predicted octanol–water partition coefficient (Wildman–Crippen LogP) is 1.58. The Morgan fingerprint density at radius 2 is 2.23 bits per heavy atom. The molecule has 0 spiro atoms. The molecule has 0 aromatic carbocycles. The van der Waals surface area contributed by atoms with E-state index in [0.717, 1.165) is 30.5 Å². The zero-order valence-corrected chi connectivity index (χ0v) is 8.83. The van der Waals surface area contributed by atoms with Crippen LogP contribution in [0.25, 0.3) is 0 Å². The number of ether oxygens (including phenoxy) is 1. The van der Waals surface area contributed by atoms with Crippen molar-refractivity contribution in [3.8, 4) is 0 Å². The Kier molecular flexibility index (Phi) is 2.55. The van der Waals surface area contributed by atoms with Gasteiger partial charge in [-0.2, -0.15) is 5.10 Å². The highest BCUT2D eigenvalue weighted by Crippen LogP contribution is 2.27. The molecule has 0 unspecified atom stereocenters. The first-order valence-corrected chi connectivity index (χ1v) is 5.14. The fourth-order valence-corrected chi connectivity index (χ4v) is 1.84. The Hall–Kier alpha value is -0.550. The highest BCUT2D eigenvalue weighted by Gasteiger charge is 2.18. The molecular formula is C8H12BrN3O. The number of anilines is 1. The Morgan fingerprint density at radius 1 is 1.54 bits per heavy atom. The van der Waals surface area contributed by atoms with Crippen LogP contribution < -0.4 is 5.73 Å². The molecule has 0 bridgehead atoms. The van der Waals surface area contributed by atoms with Gasteiger partial charge in [-0.25, -0.2) is 4.68 Å². The molecule has 4 nitrogen and oxygen atoms in total. The van der Waals surface area contributed by atoms with Gasteiger partial charge in [0.15, 0.2) is 0 Å². The van der Waals surface area contributed by atoms with Gasteiger partial charge < -0.3 is 10.5 Å². The number of nitrogens with zero attached hydrogens (tertiary/aromatic N) is 2. The molecule has 1 aromatic rings. The predicted molar refractivity (Wildman–Crippen MR) is 53.4 cm³/mol. The summed E-state index contributed by atoms with van der Waals surface area (Å²) in [6.07, 6.45) is 3.74. The number of nitrogen functional groups attached to an aromatic ring is 1. The highest BCUT2D eigenvalue weighted by molar-refractivity contribution is 9.10. The van der Waals surface area contributed by atoms with Gasteiger partial charge in [0.2, 0.25) is 0 Å². The maximum atomic E-state index is 5.85. The Bertz CT molecular complexity index is 294. The van der Waals surface area contributed by atoms with Crippen molar-refractivity contribution in [2.45, 2.75) is 18.9 Å². The second-order valence-corrected chi connectivity index (χ2v) is 4.02. The van der Waals surface area contributed by atoms with Gasteiger partial charge in [0.1, 0.15) is 5.82 Å². The smallest absolute Gasteiger partial charge is 0.136 e. The summed E-state index contributed by atoms with van der Waals surface area (Å²) in [5.74, 6) is 0.715. The van der Waals surface area contributed by atoms with Crippen molar-refractivity contribution in [1.82, 2.24) is 9.78 Å². The molecule has 1 aromatic heterocycles. The van der Waals surface area contributed by atoms with Gasteiger partial charge in [-0.05, 0) is 28.8 Å². The second-order valence-electron chi connectivity index (χ2n) is 3.17. The lowest BCUT2D eigenvalue weighted by Crippen LogP contribution is -2.21. The Balaban J connectivity index is 2.18. The molecule has 2 rings (SSSR count).